The average Bonchev–Trinajstić information content (AvgIpc) is 2.38. The van der Waals surface area contributed by atoms with E-state index in [1.54, 1.807) is 6.07 Å². The van der Waals surface area contributed by atoms with Crippen LogP contribution >= 0.6 is 31.9 Å². The van der Waals surface area contributed by atoms with Gasteiger partial charge in [-0.2, -0.15) is 0 Å². The lowest BCUT2D eigenvalue weighted by molar-refractivity contribution is -0.118. The summed E-state index contributed by atoms with van der Waals surface area (Å²) in [6.45, 7) is -0.0326. The van der Waals surface area contributed by atoms with Gasteiger partial charge in [0.2, 0.25) is 0 Å². The number of amides is 1. The summed E-state index contributed by atoms with van der Waals surface area (Å²) in [6, 6.07) is 14.8. The molecule has 0 aliphatic carbocycles. The van der Waals surface area contributed by atoms with Crippen LogP contribution in [0.25, 0.3) is 0 Å². The number of carbonyl (C=O) groups is 1. The van der Waals surface area contributed by atoms with Crippen LogP contribution in [0.3, 0.4) is 0 Å². The van der Waals surface area contributed by atoms with Crippen molar-refractivity contribution >= 4 is 43.5 Å². The minimum atomic E-state index is -0.200. The molecule has 1 amide bonds. The minimum absolute atomic E-state index is 0.0326. The number of ether oxygens (including phenoxy) is 1. The van der Waals surface area contributed by atoms with Gasteiger partial charge in [0.15, 0.2) is 6.61 Å². The van der Waals surface area contributed by atoms with Gasteiger partial charge in [-0.05, 0) is 46.3 Å². The fourth-order valence-electron chi connectivity index (χ4n) is 1.47. The summed E-state index contributed by atoms with van der Waals surface area (Å²) in [5.74, 6) is 0.445. The SMILES string of the molecule is O=C(COc1ccccc1Br)Nc1cccc(Br)c1. The first-order valence-corrected chi connectivity index (χ1v) is 7.16. The van der Waals surface area contributed by atoms with Crippen LogP contribution in [0.5, 0.6) is 5.75 Å². The fraction of sp³-hybridized carbons (Fsp3) is 0.0714. The number of anilines is 1. The highest BCUT2D eigenvalue weighted by Gasteiger charge is 2.05. The molecule has 19 heavy (non-hydrogen) atoms. The zero-order chi connectivity index (χ0) is 13.7. The second-order valence-corrected chi connectivity index (χ2v) is 5.55. The summed E-state index contributed by atoms with van der Waals surface area (Å²) >= 11 is 6.71. The van der Waals surface area contributed by atoms with Crippen LogP contribution in [0, 0.1) is 0 Å². The summed E-state index contributed by atoms with van der Waals surface area (Å²) in [7, 11) is 0. The number of carbonyl (C=O) groups excluding carboxylic acids is 1. The summed E-state index contributed by atoms with van der Waals surface area (Å²) in [4.78, 5) is 11.7. The van der Waals surface area contributed by atoms with Crippen LogP contribution in [0.4, 0.5) is 5.69 Å². The molecule has 0 aliphatic rings. The lowest BCUT2D eigenvalue weighted by Crippen LogP contribution is -2.20. The smallest absolute Gasteiger partial charge is 0.262 e. The van der Waals surface area contributed by atoms with E-state index in [1.165, 1.54) is 0 Å². The number of hydrogen-bond acceptors (Lipinski definition) is 2. The van der Waals surface area contributed by atoms with Crippen molar-refractivity contribution in [2.75, 3.05) is 11.9 Å². The monoisotopic (exact) mass is 383 g/mol. The fourth-order valence-corrected chi connectivity index (χ4v) is 2.27. The Morgan fingerprint density at radius 3 is 2.63 bits per heavy atom. The zero-order valence-corrected chi connectivity index (χ0v) is 13.1. The molecule has 0 unspecified atom stereocenters. The topological polar surface area (TPSA) is 38.3 Å². The molecule has 98 valence electrons. The Labute approximate surface area is 128 Å². The van der Waals surface area contributed by atoms with E-state index < -0.39 is 0 Å². The highest BCUT2D eigenvalue weighted by molar-refractivity contribution is 9.10. The normalized spacial score (nSPS) is 10.0. The molecule has 0 saturated carbocycles. The molecular weight excluding hydrogens is 374 g/mol. The zero-order valence-electron chi connectivity index (χ0n) is 9.90. The first-order chi connectivity index (χ1) is 9.15. The third kappa shape index (κ3) is 4.36. The number of para-hydroxylation sites is 1. The van der Waals surface area contributed by atoms with Crippen molar-refractivity contribution in [1.82, 2.24) is 0 Å². The number of halogens is 2. The van der Waals surface area contributed by atoms with Crippen molar-refractivity contribution in [3.05, 3.63) is 57.5 Å². The van der Waals surface area contributed by atoms with E-state index in [2.05, 4.69) is 37.2 Å². The van der Waals surface area contributed by atoms with Crippen molar-refractivity contribution in [3.63, 3.8) is 0 Å². The molecule has 0 spiro atoms. The highest BCUT2D eigenvalue weighted by Crippen LogP contribution is 2.23. The van der Waals surface area contributed by atoms with Gasteiger partial charge in [-0.3, -0.25) is 4.79 Å². The molecule has 0 heterocycles. The number of nitrogens with one attached hydrogen (secondary N) is 1. The molecule has 0 atom stereocenters. The molecule has 5 heteroatoms. The van der Waals surface area contributed by atoms with Gasteiger partial charge in [0.25, 0.3) is 5.91 Å². The Hall–Kier alpha value is -1.33. The molecule has 3 nitrogen and oxygen atoms in total. The van der Waals surface area contributed by atoms with E-state index in [9.17, 15) is 4.79 Å². The van der Waals surface area contributed by atoms with Crippen LogP contribution in [-0.4, -0.2) is 12.5 Å². The maximum atomic E-state index is 11.7. The molecule has 0 aromatic heterocycles. The predicted octanol–water partition coefficient (Wildman–Crippen LogP) is 4.23. The first-order valence-electron chi connectivity index (χ1n) is 5.58. The lowest BCUT2D eigenvalue weighted by Gasteiger charge is -2.08. The number of hydrogen-bond donors (Lipinski definition) is 1. The maximum Gasteiger partial charge on any atom is 0.262 e. The van der Waals surface area contributed by atoms with Gasteiger partial charge in [-0.15, -0.1) is 0 Å². The van der Waals surface area contributed by atoms with E-state index in [4.69, 9.17) is 4.74 Å². The van der Waals surface area contributed by atoms with Gasteiger partial charge in [0.1, 0.15) is 5.75 Å². The largest absolute Gasteiger partial charge is 0.483 e. The summed E-state index contributed by atoms with van der Waals surface area (Å²) in [6.07, 6.45) is 0. The third-order valence-corrected chi connectivity index (χ3v) is 3.45. The van der Waals surface area contributed by atoms with Crippen LogP contribution in [0.2, 0.25) is 0 Å². The van der Waals surface area contributed by atoms with E-state index in [0.29, 0.717) is 5.75 Å². The summed E-state index contributed by atoms with van der Waals surface area (Å²) < 4.78 is 7.17. The standard InChI is InChI=1S/C14H11Br2NO2/c15-10-4-3-5-11(8-10)17-14(18)9-19-13-7-2-1-6-12(13)16/h1-8H,9H2,(H,17,18). The van der Waals surface area contributed by atoms with Crippen LogP contribution in [0.15, 0.2) is 57.5 Å². The molecule has 0 fully saturated rings. The summed E-state index contributed by atoms with van der Waals surface area (Å²) in [5.41, 5.74) is 0.732. The average molecular weight is 385 g/mol. The quantitative estimate of drug-likeness (QED) is 0.856. The maximum absolute atomic E-state index is 11.7. The van der Waals surface area contributed by atoms with Crippen LogP contribution in [0.1, 0.15) is 0 Å². The molecule has 2 aromatic rings. The van der Waals surface area contributed by atoms with Crippen LogP contribution < -0.4 is 10.1 Å². The van der Waals surface area contributed by atoms with Crippen molar-refractivity contribution in [3.8, 4) is 5.75 Å². The first kappa shape index (κ1) is 14.1. The van der Waals surface area contributed by atoms with Gasteiger partial charge in [-0.25, -0.2) is 0 Å². The molecular formula is C14H11Br2NO2. The van der Waals surface area contributed by atoms with Gasteiger partial charge in [-0.1, -0.05) is 34.1 Å². The van der Waals surface area contributed by atoms with Crippen molar-refractivity contribution in [1.29, 1.82) is 0 Å². The molecule has 1 N–H and O–H groups in total. The molecule has 0 aliphatic heterocycles. The Balaban J connectivity index is 1.90. The van der Waals surface area contributed by atoms with Crippen LogP contribution in [-0.2, 0) is 4.79 Å². The molecule has 2 rings (SSSR count). The third-order valence-electron chi connectivity index (χ3n) is 2.30. The van der Waals surface area contributed by atoms with Gasteiger partial charge >= 0.3 is 0 Å². The Morgan fingerprint density at radius 1 is 1.11 bits per heavy atom. The van der Waals surface area contributed by atoms with Crippen molar-refractivity contribution < 1.29 is 9.53 Å². The highest BCUT2D eigenvalue weighted by atomic mass is 79.9. The molecule has 0 saturated heterocycles. The van der Waals surface area contributed by atoms with E-state index >= 15 is 0 Å². The molecule has 0 radical (unpaired) electrons. The van der Waals surface area contributed by atoms with Crippen molar-refractivity contribution in [2.24, 2.45) is 0 Å². The number of benzene rings is 2. The second kappa shape index (κ2) is 6.73. The molecule has 2 aromatic carbocycles. The lowest BCUT2D eigenvalue weighted by atomic mass is 10.3. The van der Waals surface area contributed by atoms with E-state index in [1.807, 2.05) is 42.5 Å². The number of rotatable bonds is 4. The second-order valence-electron chi connectivity index (χ2n) is 3.78. The van der Waals surface area contributed by atoms with Gasteiger partial charge in [0, 0.05) is 10.2 Å². The van der Waals surface area contributed by atoms with Crippen molar-refractivity contribution in [2.45, 2.75) is 0 Å². The van der Waals surface area contributed by atoms with E-state index in [-0.39, 0.29) is 12.5 Å². The Kier molecular flexibility index (Phi) is 4.99. The predicted molar refractivity (Wildman–Crippen MR) is 82.4 cm³/mol. The van der Waals surface area contributed by atoms with E-state index in [0.717, 1.165) is 14.6 Å². The van der Waals surface area contributed by atoms with Gasteiger partial charge in [0.05, 0.1) is 4.47 Å². The Bertz CT molecular complexity index is 587. The Morgan fingerprint density at radius 2 is 1.89 bits per heavy atom. The molecule has 0 bridgehead atoms. The van der Waals surface area contributed by atoms with Gasteiger partial charge < -0.3 is 10.1 Å². The minimum Gasteiger partial charge on any atom is -0.483 e. The summed E-state index contributed by atoms with van der Waals surface area (Å²) in [5, 5.41) is 2.76.